The molecule has 0 radical (unpaired) electrons. The summed E-state index contributed by atoms with van der Waals surface area (Å²) in [5, 5.41) is 8.97. The average Bonchev–Trinajstić information content (AvgIpc) is 3.09. The monoisotopic (exact) mass is 381 g/mol. The Labute approximate surface area is 161 Å². The lowest BCUT2D eigenvalue weighted by molar-refractivity contribution is -0.115. The number of pyridine rings is 1. The van der Waals surface area contributed by atoms with Gasteiger partial charge in [-0.15, -0.1) is 0 Å². The number of anilines is 1. The third kappa shape index (κ3) is 4.06. The van der Waals surface area contributed by atoms with E-state index in [0.29, 0.717) is 16.9 Å². The Balaban J connectivity index is 1.66. The van der Waals surface area contributed by atoms with Gasteiger partial charge in [-0.05, 0) is 55.3 Å². The summed E-state index contributed by atoms with van der Waals surface area (Å²) in [6.07, 6.45) is 3.13. The van der Waals surface area contributed by atoms with Crippen LogP contribution in [0.1, 0.15) is 21.7 Å². The minimum Gasteiger partial charge on any atom is -0.342 e. The molecule has 8 heteroatoms. The number of rotatable bonds is 5. The largest absolute Gasteiger partial charge is 0.342 e. The third-order valence-corrected chi connectivity index (χ3v) is 4.46. The molecule has 0 spiro atoms. The molecule has 2 N–H and O–H groups in total. The molecule has 0 fully saturated rings. The predicted molar refractivity (Wildman–Crippen MR) is 103 cm³/mol. The van der Waals surface area contributed by atoms with Gasteiger partial charge in [-0.25, -0.2) is 4.39 Å². The Bertz CT molecular complexity index is 1040. The number of carbonyl (C=O) groups excluding carboxylic acids is 2. The molecule has 7 nitrogen and oxygen atoms in total. The second-order valence-corrected chi connectivity index (χ2v) is 6.33. The topological polar surface area (TPSA) is 88.9 Å². The molecule has 1 aromatic carbocycles. The van der Waals surface area contributed by atoms with Crippen LogP contribution in [0.25, 0.3) is 11.1 Å². The fraction of sp³-hybridized carbons (Fsp3) is 0.200. The Hall–Kier alpha value is -3.55. The molecule has 3 rings (SSSR count). The zero-order chi connectivity index (χ0) is 20.3. The van der Waals surface area contributed by atoms with Crippen molar-refractivity contribution in [3.8, 4) is 11.1 Å². The molecule has 2 heterocycles. The van der Waals surface area contributed by atoms with Gasteiger partial charge in [0.05, 0.1) is 6.54 Å². The maximum absolute atomic E-state index is 14.6. The third-order valence-electron chi connectivity index (χ3n) is 4.46. The summed E-state index contributed by atoms with van der Waals surface area (Å²) in [4.78, 5) is 28.2. The van der Waals surface area contributed by atoms with Crippen molar-refractivity contribution in [3.63, 3.8) is 0 Å². The number of nitrogens with one attached hydrogen (secondary N) is 2. The van der Waals surface area contributed by atoms with Crippen molar-refractivity contribution in [2.45, 2.75) is 13.8 Å². The van der Waals surface area contributed by atoms with Crippen LogP contribution in [-0.4, -0.2) is 33.1 Å². The van der Waals surface area contributed by atoms with Crippen LogP contribution in [0.2, 0.25) is 0 Å². The first-order valence-corrected chi connectivity index (χ1v) is 8.65. The van der Waals surface area contributed by atoms with Crippen molar-refractivity contribution in [1.82, 2.24) is 20.1 Å². The molecule has 2 amide bonds. The number of nitrogens with zero attached hydrogens (tertiary/aromatic N) is 3. The lowest BCUT2D eigenvalue weighted by Crippen LogP contribution is -2.33. The lowest BCUT2D eigenvalue weighted by atomic mass is 10.00. The summed E-state index contributed by atoms with van der Waals surface area (Å²) >= 11 is 0. The molecule has 0 aliphatic heterocycles. The van der Waals surface area contributed by atoms with Crippen molar-refractivity contribution in [3.05, 3.63) is 65.5 Å². The van der Waals surface area contributed by atoms with Crippen LogP contribution in [-0.2, 0) is 11.8 Å². The van der Waals surface area contributed by atoms with E-state index in [1.54, 1.807) is 37.5 Å². The highest BCUT2D eigenvalue weighted by Gasteiger charge is 2.13. The van der Waals surface area contributed by atoms with Crippen LogP contribution in [0.3, 0.4) is 0 Å². The van der Waals surface area contributed by atoms with Gasteiger partial charge in [-0.3, -0.25) is 19.3 Å². The molecule has 0 saturated heterocycles. The zero-order valence-corrected chi connectivity index (χ0v) is 15.8. The van der Waals surface area contributed by atoms with E-state index in [2.05, 4.69) is 20.7 Å². The molecule has 144 valence electrons. The highest BCUT2D eigenvalue weighted by Crippen LogP contribution is 2.28. The number of aryl methyl sites for hydroxylation is 2. The zero-order valence-electron chi connectivity index (χ0n) is 15.8. The molecule has 0 saturated carbocycles. The van der Waals surface area contributed by atoms with E-state index in [1.165, 1.54) is 16.9 Å². The summed E-state index contributed by atoms with van der Waals surface area (Å²) in [5.74, 6) is -1.33. The fourth-order valence-corrected chi connectivity index (χ4v) is 2.80. The first-order valence-electron chi connectivity index (χ1n) is 8.65. The van der Waals surface area contributed by atoms with Crippen molar-refractivity contribution >= 4 is 17.5 Å². The van der Waals surface area contributed by atoms with E-state index in [9.17, 15) is 14.0 Å². The van der Waals surface area contributed by atoms with Gasteiger partial charge in [0, 0.05) is 36.4 Å². The van der Waals surface area contributed by atoms with Gasteiger partial charge >= 0.3 is 0 Å². The predicted octanol–water partition coefficient (Wildman–Crippen LogP) is 2.61. The first-order chi connectivity index (χ1) is 13.4. The van der Waals surface area contributed by atoms with Crippen LogP contribution >= 0.6 is 0 Å². The van der Waals surface area contributed by atoms with E-state index in [4.69, 9.17) is 0 Å². The molecule has 0 unspecified atom stereocenters. The van der Waals surface area contributed by atoms with Gasteiger partial charge in [0.1, 0.15) is 11.5 Å². The van der Waals surface area contributed by atoms with E-state index >= 15 is 0 Å². The van der Waals surface area contributed by atoms with Crippen molar-refractivity contribution in [1.29, 1.82) is 0 Å². The molecule has 28 heavy (non-hydrogen) atoms. The highest BCUT2D eigenvalue weighted by molar-refractivity contribution is 5.98. The Morgan fingerprint density at radius 1 is 1.11 bits per heavy atom. The van der Waals surface area contributed by atoms with E-state index < -0.39 is 17.6 Å². The lowest BCUT2D eigenvalue weighted by Gasteiger charge is -2.11. The maximum atomic E-state index is 14.6. The van der Waals surface area contributed by atoms with Crippen LogP contribution in [0, 0.1) is 19.7 Å². The minimum atomic E-state index is -0.460. The summed E-state index contributed by atoms with van der Waals surface area (Å²) in [5.41, 5.74) is 3.57. The number of amides is 2. The van der Waals surface area contributed by atoms with Crippen LogP contribution in [0.4, 0.5) is 10.1 Å². The van der Waals surface area contributed by atoms with Crippen LogP contribution < -0.4 is 10.6 Å². The summed E-state index contributed by atoms with van der Waals surface area (Å²) in [6.45, 7) is 3.51. The average molecular weight is 381 g/mol. The van der Waals surface area contributed by atoms with Gasteiger partial charge in [-0.2, -0.15) is 5.10 Å². The Morgan fingerprint density at radius 2 is 1.89 bits per heavy atom. The molecule has 0 aliphatic carbocycles. The SMILES string of the molecule is Cc1nccc(-c2ccc(NC(=O)CNC(=O)c3ccnn3C)cc2F)c1C. The molecular weight excluding hydrogens is 361 g/mol. The number of halogens is 1. The second-order valence-electron chi connectivity index (χ2n) is 6.33. The standard InChI is InChI=1S/C20H20FN5O2/c1-12-13(2)22-8-6-15(12)16-5-4-14(10-17(16)21)25-19(27)11-23-20(28)18-7-9-24-26(18)3/h4-10H,11H2,1-3H3,(H,23,28)(H,25,27). The van der Waals surface area contributed by atoms with Crippen LogP contribution in [0.5, 0.6) is 0 Å². The number of aromatic nitrogens is 3. The number of hydrogen-bond acceptors (Lipinski definition) is 4. The van der Waals surface area contributed by atoms with E-state index in [-0.39, 0.29) is 6.54 Å². The van der Waals surface area contributed by atoms with Gasteiger partial charge in [-0.1, -0.05) is 0 Å². The van der Waals surface area contributed by atoms with Gasteiger partial charge in [0.2, 0.25) is 5.91 Å². The first kappa shape index (κ1) is 19.2. The van der Waals surface area contributed by atoms with Crippen molar-refractivity contribution in [2.24, 2.45) is 7.05 Å². The minimum absolute atomic E-state index is 0.240. The normalized spacial score (nSPS) is 10.6. The number of hydrogen-bond donors (Lipinski definition) is 2. The maximum Gasteiger partial charge on any atom is 0.269 e. The Kier molecular flexibility index (Phi) is 5.49. The molecule has 3 aromatic rings. The summed E-state index contributed by atoms with van der Waals surface area (Å²) < 4.78 is 16.0. The second kappa shape index (κ2) is 7.99. The molecular formula is C20H20FN5O2. The van der Waals surface area contributed by atoms with E-state index in [0.717, 1.165) is 16.8 Å². The van der Waals surface area contributed by atoms with Gasteiger partial charge < -0.3 is 10.6 Å². The van der Waals surface area contributed by atoms with Gasteiger partial charge in [0.25, 0.3) is 5.91 Å². The molecule has 0 atom stereocenters. The number of benzene rings is 1. The smallest absolute Gasteiger partial charge is 0.269 e. The summed E-state index contributed by atoms with van der Waals surface area (Å²) in [7, 11) is 1.63. The summed E-state index contributed by atoms with van der Waals surface area (Å²) in [6, 6.07) is 7.79. The van der Waals surface area contributed by atoms with Crippen LogP contribution in [0.15, 0.2) is 42.7 Å². The van der Waals surface area contributed by atoms with Gasteiger partial charge in [0.15, 0.2) is 0 Å². The van der Waals surface area contributed by atoms with E-state index in [1.807, 2.05) is 13.8 Å². The fourth-order valence-electron chi connectivity index (χ4n) is 2.80. The Morgan fingerprint density at radius 3 is 2.57 bits per heavy atom. The number of carbonyl (C=O) groups is 2. The molecule has 0 bridgehead atoms. The quantitative estimate of drug-likeness (QED) is 0.711. The molecule has 2 aromatic heterocycles. The highest BCUT2D eigenvalue weighted by atomic mass is 19.1. The molecule has 0 aliphatic rings. The van der Waals surface area contributed by atoms with Crippen molar-refractivity contribution in [2.75, 3.05) is 11.9 Å². The van der Waals surface area contributed by atoms with Crippen molar-refractivity contribution < 1.29 is 14.0 Å².